The summed E-state index contributed by atoms with van der Waals surface area (Å²) in [7, 11) is 0. The van der Waals surface area contributed by atoms with Crippen LogP contribution in [0.2, 0.25) is 0 Å². The minimum absolute atomic E-state index is 0.0842. The number of quaternary nitrogens is 1. The predicted octanol–water partition coefficient (Wildman–Crippen LogP) is 3.95. The van der Waals surface area contributed by atoms with E-state index in [4.69, 9.17) is 4.74 Å². The first-order valence-corrected chi connectivity index (χ1v) is 12.7. The number of ether oxygens (including phenoxy) is 1. The largest absolute Gasteiger partial charge is 0.508 e. The second-order valence-corrected chi connectivity index (χ2v) is 10.3. The van der Waals surface area contributed by atoms with E-state index in [0.29, 0.717) is 29.1 Å². The standard InChI is InChI=1S/C28H34N2O4/c31-24-11-9-21(10-12-24)25(32)19-30-17-13-22(14-18-30)26(20-30)34-28(33)27(23-7-3-1-4-8-23)29-15-5-2-6-16-29/h1,3-4,7-12,22,26-27H,2,5-6,13-20H2/p+1/t22?,26-,27?,30?/m0/s1. The first-order chi connectivity index (χ1) is 16.5. The van der Waals surface area contributed by atoms with E-state index in [1.807, 2.05) is 30.3 Å². The van der Waals surface area contributed by atoms with Gasteiger partial charge in [-0.2, -0.15) is 0 Å². The Morgan fingerprint density at radius 1 is 0.971 bits per heavy atom. The van der Waals surface area contributed by atoms with E-state index >= 15 is 0 Å². The van der Waals surface area contributed by atoms with Crippen molar-refractivity contribution in [2.75, 3.05) is 39.3 Å². The number of aromatic hydroxyl groups is 1. The number of nitrogens with zero attached hydrogens (tertiary/aromatic N) is 2. The zero-order valence-electron chi connectivity index (χ0n) is 19.8. The van der Waals surface area contributed by atoms with Gasteiger partial charge in [0.15, 0.2) is 6.10 Å². The average Bonchev–Trinajstić information content (AvgIpc) is 2.86. The van der Waals surface area contributed by atoms with Crippen molar-refractivity contribution in [2.24, 2.45) is 5.92 Å². The van der Waals surface area contributed by atoms with Crippen molar-refractivity contribution in [3.63, 3.8) is 0 Å². The number of ketones is 1. The van der Waals surface area contributed by atoms with Crippen LogP contribution >= 0.6 is 0 Å². The third-order valence-corrected chi connectivity index (χ3v) is 8.07. The van der Waals surface area contributed by atoms with Gasteiger partial charge in [-0.15, -0.1) is 0 Å². The van der Waals surface area contributed by atoms with Gasteiger partial charge in [0, 0.05) is 24.3 Å². The van der Waals surface area contributed by atoms with Crippen molar-refractivity contribution in [1.29, 1.82) is 0 Å². The third-order valence-electron chi connectivity index (χ3n) is 8.07. The van der Waals surface area contributed by atoms with Crippen molar-refractivity contribution in [3.05, 3.63) is 65.7 Å². The topological polar surface area (TPSA) is 66.8 Å². The summed E-state index contributed by atoms with van der Waals surface area (Å²) in [5.74, 6) is 0.484. The van der Waals surface area contributed by atoms with E-state index in [9.17, 15) is 14.7 Å². The predicted molar refractivity (Wildman–Crippen MR) is 129 cm³/mol. The van der Waals surface area contributed by atoms with Crippen LogP contribution in [0.5, 0.6) is 5.75 Å². The van der Waals surface area contributed by atoms with Crippen molar-refractivity contribution < 1.29 is 23.9 Å². The van der Waals surface area contributed by atoms with E-state index < -0.39 is 0 Å². The van der Waals surface area contributed by atoms with E-state index in [0.717, 1.165) is 57.4 Å². The molecule has 4 aliphatic heterocycles. The molecule has 34 heavy (non-hydrogen) atoms. The maximum absolute atomic E-state index is 13.6. The van der Waals surface area contributed by atoms with Crippen molar-refractivity contribution >= 4 is 11.8 Å². The normalized spacial score (nSPS) is 27.8. The highest BCUT2D eigenvalue weighted by Crippen LogP contribution is 2.37. The first-order valence-electron chi connectivity index (χ1n) is 12.7. The first kappa shape index (κ1) is 23.1. The summed E-state index contributed by atoms with van der Waals surface area (Å²) in [5.41, 5.74) is 1.63. The van der Waals surface area contributed by atoms with Gasteiger partial charge >= 0.3 is 5.97 Å². The zero-order chi connectivity index (χ0) is 23.5. The molecular formula is C28H35N2O4+. The molecule has 2 bridgehead atoms. The molecule has 6 heteroatoms. The molecule has 0 saturated carbocycles. The lowest BCUT2D eigenvalue weighted by Crippen LogP contribution is -2.66. The molecule has 0 aromatic heterocycles. The Labute approximate surface area is 201 Å². The number of phenols is 1. The van der Waals surface area contributed by atoms with Crippen molar-refractivity contribution in [2.45, 2.75) is 44.2 Å². The minimum atomic E-state index is -0.357. The molecule has 0 radical (unpaired) electrons. The number of piperidine rings is 4. The fourth-order valence-corrected chi connectivity index (χ4v) is 6.14. The summed E-state index contributed by atoms with van der Waals surface area (Å²) in [4.78, 5) is 28.9. The molecule has 0 aliphatic carbocycles. The second kappa shape index (κ2) is 9.88. The van der Waals surface area contributed by atoms with Crippen LogP contribution in [0.15, 0.2) is 54.6 Å². The second-order valence-electron chi connectivity index (χ2n) is 10.3. The average molecular weight is 464 g/mol. The molecule has 6 nitrogen and oxygen atoms in total. The van der Waals surface area contributed by atoms with Gasteiger partial charge in [-0.25, -0.2) is 4.79 Å². The zero-order valence-corrected chi connectivity index (χ0v) is 19.8. The third kappa shape index (κ3) is 4.89. The fourth-order valence-electron chi connectivity index (χ4n) is 6.14. The molecule has 2 aromatic carbocycles. The van der Waals surface area contributed by atoms with Crippen LogP contribution in [0.1, 0.15) is 54.1 Å². The molecule has 2 aromatic rings. The summed E-state index contributed by atoms with van der Waals surface area (Å²) >= 11 is 0. The quantitative estimate of drug-likeness (QED) is 0.383. The number of likely N-dealkylation sites (tertiary alicyclic amines) is 1. The van der Waals surface area contributed by atoms with Gasteiger partial charge in [0.1, 0.15) is 24.9 Å². The van der Waals surface area contributed by atoms with E-state index in [2.05, 4.69) is 4.90 Å². The van der Waals surface area contributed by atoms with Crippen LogP contribution < -0.4 is 0 Å². The summed E-state index contributed by atoms with van der Waals surface area (Å²) in [5, 5.41) is 9.54. The van der Waals surface area contributed by atoms with Crippen LogP contribution in [-0.4, -0.2) is 71.6 Å². The SMILES string of the molecule is O=C(C[N+]12CCC(CC1)[C@@H](OC(=O)C(c1ccccc1)N1CCCCC1)C2)c1ccc(O)cc1. The summed E-state index contributed by atoms with van der Waals surface area (Å²) in [6.07, 6.45) is 5.27. The highest BCUT2D eigenvalue weighted by atomic mass is 16.5. The smallest absolute Gasteiger partial charge is 0.328 e. The Morgan fingerprint density at radius 2 is 1.65 bits per heavy atom. The van der Waals surface area contributed by atoms with Gasteiger partial charge in [-0.05, 0) is 55.8 Å². The summed E-state index contributed by atoms with van der Waals surface area (Å²) in [6.45, 7) is 4.88. The Hall–Kier alpha value is -2.70. The molecule has 1 unspecified atom stereocenters. The number of phenolic OH excluding ortho intramolecular Hbond substituents is 1. The molecule has 6 rings (SSSR count). The number of hydrogen-bond donors (Lipinski definition) is 1. The van der Waals surface area contributed by atoms with Crippen molar-refractivity contribution in [3.8, 4) is 5.75 Å². The van der Waals surface area contributed by atoms with Crippen LogP contribution in [-0.2, 0) is 9.53 Å². The number of carbonyl (C=O) groups excluding carboxylic acids is 2. The number of benzene rings is 2. The molecule has 4 saturated heterocycles. The number of rotatable bonds is 7. The number of Topliss-reactive ketones (excluding diaryl/α,β-unsaturated/α-hetero) is 1. The van der Waals surface area contributed by atoms with E-state index in [1.54, 1.807) is 24.3 Å². The van der Waals surface area contributed by atoms with Crippen LogP contribution in [0, 0.1) is 5.92 Å². The highest BCUT2D eigenvalue weighted by molar-refractivity contribution is 5.97. The number of esters is 1. The maximum atomic E-state index is 13.6. The van der Waals surface area contributed by atoms with Crippen LogP contribution in [0.3, 0.4) is 0 Å². The monoisotopic (exact) mass is 463 g/mol. The van der Waals surface area contributed by atoms with Gasteiger partial charge in [-0.1, -0.05) is 36.8 Å². The summed E-state index contributed by atoms with van der Waals surface area (Å²) in [6, 6.07) is 16.2. The fraction of sp³-hybridized carbons (Fsp3) is 0.500. The van der Waals surface area contributed by atoms with E-state index in [1.165, 1.54) is 6.42 Å². The number of hydrogen-bond acceptors (Lipinski definition) is 5. The minimum Gasteiger partial charge on any atom is -0.508 e. The molecule has 180 valence electrons. The lowest BCUT2D eigenvalue weighted by molar-refractivity contribution is -0.938. The lowest BCUT2D eigenvalue weighted by atomic mass is 9.82. The highest BCUT2D eigenvalue weighted by Gasteiger charge is 2.49. The molecular weight excluding hydrogens is 428 g/mol. The Kier molecular flexibility index (Phi) is 6.70. The molecule has 4 fully saturated rings. The molecule has 0 spiro atoms. The summed E-state index contributed by atoms with van der Waals surface area (Å²) < 4.78 is 6.97. The van der Waals surface area contributed by atoms with Gasteiger partial charge in [-0.3, -0.25) is 9.69 Å². The molecule has 4 aliphatic rings. The number of fused-ring (bicyclic) bond motifs is 3. The van der Waals surface area contributed by atoms with Gasteiger partial charge in [0.2, 0.25) is 5.78 Å². The van der Waals surface area contributed by atoms with E-state index in [-0.39, 0.29) is 29.6 Å². The maximum Gasteiger partial charge on any atom is 0.328 e. The lowest BCUT2D eigenvalue weighted by Gasteiger charge is -2.51. The van der Waals surface area contributed by atoms with Crippen LogP contribution in [0.25, 0.3) is 0 Å². The molecule has 0 amide bonds. The Morgan fingerprint density at radius 3 is 2.32 bits per heavy atom. The molecule has 1 N–H and O–H groups in total. The van der Waals surface area contributed by atoms with Gasteiger partial charge < -0.3 is 14.3 Å². The van der Waals surface area contributed by atoms with Gasteiger partial charge in [0.25, 0.3) is 0 Å². The van der Waals surface area contributed by atoms with Crippen molar-refractivity contribution in [1.82, 2.24) is 4.90 Å². The Balaban J connectivity index is 1.30. The molecule has 2 atom stereocenters. The van der Waals surface area contributed by atoms with Crippen LogP contribution in [0.4, 0.5) is 0 Å². The number of carbonyl (C=O) groups is 2. The Bertz CT molecular complexity index is 993. The van der Waals surface area contributed by atoms with Gasteiger partial charge in [0.05, 0.1) is 13.1 Å². The molecule has 4 heterocycles.